The summed E-state index contributed by atoms with van der Waals surface area (Å²) in [4.78, 5) is 12.4. The Morgan fingerprint density at radius 1 is 1.07 bits per heavy atom. The van der Waals surface area contributed by atoms with Crippen molar-refractivity contribution < 1.29 is 14.3 Å². The van der Waals surface area contributed by atoms with Gasteiger partial charge in [0, 0.05) is 11.1 Å². The SMILES string of the molecule is COc1ccc2ccccc2c1/C=N/NC(=O)c1ccc(OCCC(C)C)cc1. The monoisotopic (exact) mass is 390 g/mol. The minimum atomic E-state index is -0.283. The van der Waals surface area contributed by atoms with Gasteiger partial charge >= 0.3 is 0 Å². The van der Waals surface area contributed by atoms with Crippen LogP contribution in [0, 0.1) is 5.92 Å². The summed E-state index contributed by atoms with van der Waals surface area (Å²) in [5.41, 5.74) is 3.91. The van der Waals surface area contributed by atoms with Gasteiger partial charge in [0.2, 0.25) is 0 Å². The number of nitrogens with zero attached hydrogens (tertiary/aromatic N) is 1. The van der Waals surface area contributed by atoms with E-state index in [1.807, 2.05) is 36.4 Å². The number of nitrogens with one attached hydrogen (secondary N) is 1. The predicted octanol–water partition coefficient (Wildman–Crippen LogP) is 5.04. The summed E-state index contributed by atoms with van der Waals surface area (Å²) in [5.74, 6) is 1.77. The average Bonchev–Trinajstić information content (AvgIpc) is 2.74. The Bertz CT molecular complexity index is 995. The van der Waals surface area contributed by atoms with Crippen molar-refractivity contribution in [3.8, 4) is 11.5 Å². The van der Waals surface area contributed by atoms with Gasteiger partial charge in [-0.1, -0.05) is 44.2 Å². The van der Waals surface area contributed by atoms with Gasteiger partial charge in [-0.3, -0.25) is 4.79 Å². The highest BCUT2D eigenvalue weighted by atomic mass is 16.5. The van der Waals surface area contributed by atoms with E-state index in [1.165, 1.54) is 0 Å². The first-order valence-corrected chi connectivity index (χ1v) is 9.70. The zero-order chi connectivity index (χ0) is 20.6. The highest BCUT2D eigenvalue weighted by Gasteiger charge is 2.08. The van der Waals surface area contributed by atoms with Crippen LogP contribution in [-0.4, -0.2) is 25.8 Å². The fraction of sp³-hybridized carbons (Fsp3) is 0.250. The molecule has 0 saturated carbocycles. The second-order valence-corrected chi connectivity index (χ2v) is 7.16. The van der Waals surface area contributed by atoms with E-state index in [4.69, 9.17) is 9.47 Å². The molecule has 0 spiro atoms. The number of hydrazone groups is 1. The highest BCUT2D eigenvalue weighted by Crippen LogP contribution is 2.26. The van der Waals surface area contributed by atoms with Crippen molar-refractivity contribution in [3.63, 3.8) is 0 Å². The maximum Gasteiger partial charge on any atom is 0.271 e. The second-order valence-electron chi connectivity index (χ2n) is 7.16. The molecule has 0 aliphatic rings. The summed E-state index contributed by atoms with van der Waals surface area (Å²) < 4.78 is 11.1. The van der Waals surface area contributed by atoms with Crippen molar-refractivity contribution in [1.29, 1.82) is 0 Å². The molecule has 3 rings (SSSR count). The van der Waals surface area contributed by atoms with Gasteiger partial charge in [0.15, 0.2) is 0 Å². The fourth-order valence-electron chi connectivity index (χ4n) is 2.92. The van der Waals surface area contributed by atoms with Crippen LogP contribution in [-0.2, 0) is 0 Å². The second kappa shape index (κ2) is 9.73. The van der Waals surface area contributed by atoms with E-state index in [0.29, 0.717) is 23.8 Å². The molecule has 0 aliphatic heterocycles. The zero-order valence-electron chi connectivity index (χ0n) is 17.0. The first-order valence-electron chi connectivity index (χ1n) is 9.70. The van der Waals surface area contributed by atoms with Crippen molar-refractivity contribution in [2.45, 2.75) is 20.3 Å². The molecule has 3 aromatic carbocycles. The molecule has 5 nitrogen and oxygen atoms in total. The molecule has 0 aromatic heterocycles. The predicted molar refractivity (Wildman–Crippen MR) is 117 cm³/mol. The van der Waals surface area contributed by atoms with E-state index in [9.17, 15) is 4.79 Å². The Morgan fingerprint density at radius 3 is 2.55 bits per heavy atom. The molecule has 0 unspecified atom stereocenters. The third-order valence-corrected chi connectivity index (χ3v) is 4.59. The number of hydrogen-bond donors (Lipinski definition) is 1. The number of amides is 1. The van der Waals surface area contributed by atoms with Gasteiger partial charge in [0.25, 0.3) is 5.91 Å². The lowest BCUT2D eigenvalue weighted by Crippen LogP contribution is -2.17. The van der Waals surface area contributed by atoms with E-state index >= 15 is 0 Å². The summed E-state index contributed by atoms with van der Waals surface area (Å²) in [6.45, 7) is 4.98. The van der Waals surface area contributed by atoms with Gasteiger partial charge in [0.05, 0.1) is 19.9 Å². The van der Waals surface area contributed by atoms with Crippen LogP contribution in [0.15, 0.2) is 65.8 Å². The summed E-state index contributed by atoms with van der Waals surface area (Å²) in [5, 5.41) is 6.22. The molecule has 1 N–H and O–H groups in total. The summed E-state index contributed by atoms with van der Waals surface area (Å²) in [7, 11) is 1.62. The maximum absolute atomic E-state index is 12.4. The van der Waals surface area contributed by atoms with Gasteiger partial charge in [-0.2, -0.15) is 5.10 Å². The highest BCUT2D eigenvalue weighted by molar-refractivity contribution is 6.03. The van der Waals surface area contributed by atoms with E-state index in [-0.39, 0.29) is 5.91 Å². The number of fused-ring (bicyclic) bond motifs is 1. The smallest absolute Gasteiger partial charge is 0.271 e. The molecule has 0 fully saturated rings. The largest absolute Gasteiger partial charge is 0.496 e. The first kappa shape index (κ1) is 20.4. The molecule has 0 aliphatic carbocycles. The molecule has 29 heavy (non-hydrogen) atoms. The Morgan fingerprint density at radius 2 is 1.83 bits per heavy atom. The van der Waals surface area contributed by atoms with Crippen LogP contribution in [0.3, 0.4) is 0 Å². The van der Waals surface area contributed by atoms with Crippen LogP contribution >= 0.6 is 0 Å². The van der Waals surface area contributed by atoms with Gasteiger partial charge in [-0.05, 0) is 53.4 Å². The lowest BCUT2D eigenvalue weighted by molar-refractivity contribution is 0.0955. The molecule has 3 aromatic rings. The molecular weight excluding hydrogens is 364 g/mol. The Labute approximate surface area is 171 Å². The standard InChI is InChI=1S/C24H26N2O3/c1-17(2)14-15-29-20-11-8-19(9-12-20)24(27)26-25-16-22-21-7-5-4-6-18(21)10-13-23(22)28-3/h4-13,16-17H,14-15H2,1-3H3,(H,26,27)/b25-16+. The van der Waals surface area contributed by atoms with E-state index in [2.05, 4.69) is 24.4 Å². The fourth-order valence-corrected chi connectivity index (χ4v) is 2.92. The summed E-state index contributed by atoms with van der Waals surface area (Å²) in [6, 6.07) is 18.9. The molecule has 0 bridgehead atoms. The molecule has 5 heteroatoms. The van der Waals surface area contributed by atoms with Crippen LogP contribution in [0.4, 0.5) is 0 Å². The number of ether oxygens (including phenoxy) is 2. The topological polar surface area (TPSA) is 59.9 Å². The number of rotatable bonds is 8. The number of carbonyl (C=O) groups is 1. The van der Waals surface area contributed by atoms with Gasteiger partial charge < -0.3 is 9.47 Å². The van der Waals surface area contributed by atoms with Crippen molar-refractivity contribution in [3.05, 3.63) is 71.8 Å². The maximum atomic E-state index is 12.4. The van der Waals surface area contributed by atoms with E-state index in [0.717, 1.165) is 28.5 Å². The number of hydrogen-bond acceptors (Lipinski definition) is 4. The Hall–Kier alpha value is -3.34. The third-order valence-electron chi connectivity index (χ3n) is 4.59. The van der Waals surface area contributed by atoms with Crippen LogP contribution in [0.5, 0.6) is 11.5 Å². The van der Waals surface area contributed by atoms with E-state index in [1.54, 1.807) is 37.6 Å². The number of benzene rings is 3. The molecule has 0 saturated heterocycles. The van der Waals surface area contributed by atoms with Gasteiger partial charge in [0.1, 0.15) is 11.5 Å². The Balaban J connectivity index is 1.66. The molecule has 1 amide bonds. The van der Waals surface area contributed by atoms with Gasteiger partial charge in [-0.25, -0.2) is 5.43 Å². The molecule has 0 atom stereocenters. The zero-order valence-corrected chi connectivity index (χ0v) is 17.0. The first-order chi connectivity index (χ1) is 14.1. The minimum absolute atomic E-state index is 0.283. The Kier molecular flexibility index (Phi) is 6.85. The van der Waals surface area contributed by atoms with Crippen molar-refractivity contribution in [1.82, 2.24) is 5.43 Å². The lowest BCUT2D eigenvalue weighted by Gasteiger charge is -2.09. The van der Waals surface area contributed by atoms with Crippen LogP contribution < -0.4 is 14.9 Å². The third kappa shape index (κ3) is 5.35. The van der Waals surface area contributed by atoms with E-state index < -0.39 is 0 Å². The molecule has 150 valence electrons. The van der Waals surface area contributed by atoms with Crippen LogP contribution in [0.25, 0.3) is 10.8 Å². The summed E-state index contributed by atoms with van der Waals surface area (Å²) >= 11 is 0. The van der Waals surface area contributed by atoms with Crippen molar-refractivity contribution in [2.24, 2.45) is 11.0 Å². The van der Waals surface area contributed by atoms with Crippen molar-refractivity contribution in [2.75, 3.05) is 13.7 Å². The number of methoxy groups -OCH3 is 1. The normalized spacial score (nSPS) is 11.2. The number of carbonyl (C=O) groups excluding carboxylic acids is 1. The van der Waals surface area contributed by atoms with Crippen LogP contribution in [0.1, 0.15) is 36.2 Å². The molecular formula is C24H26N2O3. The minimum Gasteiger partial charge on any atom is -0.496 e. The van der Waals surface area contributed by atoms with Gasteiger partial charge in [-0.15, -0.1) is 0 Å². The lowest BCUT2D eigenvalue weighted by atomic mass is 10.0. The average molecular weight is 390 g/mol. The quantitative estimate of drug-likeness (QED) is 0.433. The molecule has 0 heterocycles. The van der Waals surface area contributed by atoms with Crippen LogP contribution in [0.2, 0.25) is 0 Å². The molecule has 0 radical (unpaired) electrons. The van der Waals surface area contributed by atoms with Crippen molar-refractivity contribution >= 4 is 22.9 Å². The summed E-state index contributed by atoms with van der Waals surface area (Å²) in [6.07, 6.45) is 2.61.